The van der Waals surface area contributed by atoms with Crippen LogP contribution in [-0.4, -0.2) is 39.0 Å². The van der Waals surface area contributed by atoms with Crippen LogP contribution in [0.25, 0.3) is 11.2 Å². The highest BCUT2D eigenvalue weighted by Crippen LogP contribution is 2.33. The van der Waals surface area contributed by atoms with Crippen LogP contribution in [0.2, 0.25) is 0 Å². The van der Waals surface area contributed by atoms with Gasteiger partial charge in [0.15, 0.2) is 11.2 Å². The molecule has 2 heterocycles. The molecule has 0 aliphatic rings. The Labute approximate surface area is 162 Å². The molecule has 28 heavy (non-hydrogen) atoms. The van der Waals surface area contributed by atoms with Gasteiger partial charge in [-0.15, -0.1) is 0 Å². The summed E-state index contributed by atoms with van der Waals surface area (Å²) in [6.45, 7) is 3.86. The molecule has 1 unspecified atom stereocenters. The van der Waals surface area contributed by atoms with Crippen LogP contribution in [0.5, 0.6) is 0 Å². The largest absolute Gasteiger partial charge is 0.371 e. The fraction of sp³-hybridized carbons (Fsp3) is 0.353. The number of aromatic amines is 1. The number of hydrogen-bond acceptors (Lipinski definition) is 7. The first-order valence-corrected chi connectivity index (χ1v) is 10.2. The minimum absolute atomic E-state index is 0.0431. The van der Waals surface area contributed by atoms with Gasteiger partial charge in [-0.2, -0.15) is 4.98 Å². The van der Waals surface area contributed by atoms with E-state index in [1.165, 1.54) is 18.5 Å². The summed E-state index contributed by atoms with van der Waals surface area (Å²) in [5, 5.41) is 3.24. The summed E-state index contributed by atoms with van der Waals surface area (Å²) in [7, 11) is -1.02. The van der Waals surface area contributed by atoms with Gasteiger partial charge in [0.25, 0.3) is 5.56 Å². The summed E-state index contributed by atoms with van der Waals surface area (Å²) < 4.78 is 26.5. The van der Waals surface area contributed by atoms with E-state index in [0.717, 1.165) is 12.1 Å². The Morgan fingerprint density at radius 2 is 2.29 bits per heavy atom. The zero-order chi connectivity index (χ0) is 19.9. The van der Waals surface area contributed by atoms with Crippen molar-refractivity contribution in [3.05, 3.63) is 52.3 Å². The lowest BCUT2D eigenvalue weighted by molar-refractivity contribution is 0.159. The molecular weight excluding hydrogens is 386 g/mol. The Bertz CT molecular complexity index is 979. The van der Waals surface area contributed by atoms with Gasteiger partial charge in [0, 0.05) is 6.54 Å². The zero-order valence-electron chi connectivity index (χ0n) is 15.4. The van der Waals surface area contributed by atoms with Crippen molar-refractivity contribution in [2.24, 2.45) is 0 Å². The predicted molar refractivity (Wildman–Crippen MR) is 105 cm³/mol. The first kappa shape index (κ1) is 20.3. The normalized spacial score (nSPS) is 12.5. The molecule has 3 aromatic rings. The number of halogens is 1. The monoisotopic (exact) mass is 408 g/mol. The predicted octanol–water partition coefficient (Wildman–Crippen LogP) is 1.95. The van der Waals surface area contributed by atoms with Crippen LogP contribution in [0.4, 0.5) is 10.3 Å². The number of benzene rings is 1. The minimum Gasteiger partial charge on any atom is -0.371 e. The highest BCUT2D eigenvalue weighted by Gasteiger charge is 2.11. The maximum absolute atomic E-state index is 13.3. The number of rotatable bonds is 10. The number of nitrogens with zero attached hydrogens (tertiary/aromatic N) is 3. The average molecular weight is 408 g/mol. The number of nitrogens with one attached hydrogen (secondary N) is 2. The molecule has 0 amide bonds. The van der Waals surface area contributed by atoms with Crippen LogP contribution < -0.4 is 16.4 Å². The molecule has 3 rings (SSSR count). The molecule has 0 fully saturated rings. The lowest BCUT2D eigenvalue weighted by Crippen LogP contribution is -2.15. The van der Waals surface area contributed by atoms with Crippen molar-refractivity contribution in [3.8, 4) is 0 Å². The van der Waals surface area contributed by atoms with Gasteiger partial charge in [-0.1, -0.05) is 19.1 Å². The van der Waals surface area contributed by atoms with Gasteiger partial charge in [-0.3, -0.25) is 14.9 Å². The van der Waals surface area contributed by atoms with Crippen LogP contribution in [0.1, 0.15) is 12.5 Å². The van der Waals surface area contributed by atoms with Crippen molar-refractivity contribution in [3.63, 3.8) is 0 Å². The summed E-state index contributed by atoms with van der Waals surface area (Å²) in [4.78, 5) is 22.4. The van der Waals surface area contributed by atoms with Gasteiger partial charge in [0.2, 0.25) is 5.95 Å². The summed E-state index contributed by atoms with van der Waals surface area (Å²) in [6, 6.07) is 6.32. The summed E-state index contributed by atoms with van der Waals surface area (Å²) >= 11 is 0. The van der Waals surface area contributed by atoms with Crippen molar-refractivity contribution in [2.45, 2.75) is 20.1 Å². The lowest BCUT2D eigenvalue weighted by Gasteiger charge is -2.18. The van der Waals surface area contributed by atoms with E-state index in [9.17, 15) is 9.18 Å². The van der Waals surface area contributed by atoms with Crippen LogP contribution in [0.3, 0.4) is 0 Å². The molecule has 150 valence electrons. The number of nitrogens with two attached hydrogens (primary N) is 1. The molecule has 0 radical (unpaired) electrons. The van der Waals surface area contributed by atoms with Gasteiger partial charge < -0.3 is 19.6 Å². The van der Waals surface area contributed by atoms with Crippen LogP contribution in [0, 0.1) is 5.82 Å². The molecule has 0 spiro atoms. The smallest absolute Gasteiger partial charge is 0.280 e. The van der Waals surface area contributed by atoms with Crippen molar-refractivity contribution in [1.82, 2.24) is 24.6 Å². The summed E-state index contributed by atoms with van der Waals surface area (Å²) in [5.74, 6) is -0.243. The number of nitrogen functional groups attached to an aromatic ring is 1. The molecule has 0 aliphatic heterocycles. The van der Waals surface area contributed by atoms with Gasteiger partial charge in [0.1, 0.15) is 20.5 Å². The van der Waals surface area contributed by atoms with Gasteiger partial charge in [-0.05, 0) is 24.2 Å². The maximum atomic E-state index is 13.3. The van der Waals surface area contributed by atoms with E-state index in [1.54, 1.807) is 10.6 Å². The molecule has 9 nitrogen and oxygen atoms in total. The molecule has 1 aromatic carbocycles. The Morgan fingerprint density at radius 1 is 1.43 bits per heavy atom. The molecule has 0 saturated heterocycles. The number of aromatic nitrogens is 4. The van der Waals surface area contributed by atoms with E-state index in [0.29, 0.717) is 31.8 Å². The molecule has 2 aromatic heterocycles. The van der Waals surface area contributed by atoms with Crippen molar-refractivity contribution < 1.29 is 13.7 Å². The highest BCUT2D eigenvalue weighted by molar-refractivity contribution is 7.50. The van der Waals surface area contributed by atoms with Crippen molar-refractivity contribution in [1.29, 1.82) is 0 Å². The molecule has 1 atom stereocenters. The molecule has 0 bridgehead atoms. The highest BCUT2D eigenvalue weighted by atomic mass is 31.2. The fourth-order valence-electron chi connectivity index (χ4n) is 2.53. The van der Waals surface area contributed by atoms with E-state index < -0.39 is 8.30 Å². The number of ether oxygens (including phenoxy) is 1. The second-order valence-corrected chi connectivity index (χ2v) is 7.48. The standard InChI is InChI=1S/C17H22FN6O3P/c1-2-21-28(27-9-12-4-3-5-13(18)8-12)11-26-7-6-24-10-20-14-15(24)22-17(19)23-16(14)25/h3-5,8,10,21H,2,6-7,9,11H2,1H3,(H3,19,22,23,25). The lowest BCUT2D eigenvalue weighted by atomic mass is 10.2. The Kier molecular flexibility index (Phi) is 7.05. The van der Waals surface area contributed by atoms with Gasteiger partial charge in [-0.25, -0.2) is 9.37 Å². The maximum Gasteiger partial charge on any atom is 0.280 e. The fourth-order valence-corrected chi connectivity index (χ4v) is 3.74. The SMILES string of the molecule is CCNP(COCCn1cnc2c(=O)[nH]c(N)nc21)OCc1cccc(F)c1. The summed E-state index contributed by atoms with van der Waals surface area (Å²) in [5.41, 5.74) is 6.64. The van der Waals surface area contributed by atoms with E-state index >= 15 is 0 Å². The molecule has 4 N–H and O–H groups in total. The number of anilines is 1. The summed E-state index contributed by atoms with van der Waals surface area (Å²) in [6.07, 6.45) is 1.91. The first-order valence-electron chi connectivity index (χ1n) is 8.73. The van der Waals surface area contributed by atoms with E-state index in [2.05, 4.69) is 20.0 Å². The zero-order valence-corrected chi connectivity index (χ0v) is 16.3. The van der Waals surface area contributed by atoms with E-state index in [-0.39, 0.29) is 22.8 Å². The third-order valence-corrected chi connectivity index (χ3v) is 5.32. The third-order valence-electron chi connectivity index (χ3n) is 3.79. The Balaban J connectivity index is 1.50. The Morgan fingerprint density at radius 3 is 3.07 bits per heavy atom. The molecule has 0 aliphatic carbocycles. The average Bonchev–Trinajstić information content (AvgIpc) is 3.06. The van der Waals surface area contributed by atoms with Gasteiger partial charge in [0.05, 0.1) is 19.5 Å². The topological polar surface area (TPSA) is 120 Å². The molecule has 0 saturated carbocycles. The van der Waals surface area contributed by atoms with Crippen molar-refractivity contribution >= 4 is 25.4 Å². The van der Waals surface area contributed by atoms with Gasteiger partial charge >= 0.3 is 0 Å². The number of imidazole rings is 1. The van der Waals surface area contributed by atoms with Crippen LogP contribution >= 0.6 is 8.30 Å². The number of H-pyrrole nitrogens is 1. The third kappa shape index (κ3) is 5.32. The molecule has 11 heteroatoms. The molecular formula is C17H22FN6O3P. The second kappa shape index (κ2) is 9.70. The quantitative estimate of drug-likeness (QED) is 0.346. The van der Waals surface area contributed by atoms with E-state index in [1.807, 2.05) is 13.0 Å². The number of hydrogen-bond donors (Lipinski definition) is 3. The first-order chi connectivity index (χ1) is 13.6. The van der Waals surface area contributed by atoms with Crippen molar-refractivity contribution in [2.75, 3.05) is 25.2 Å². The Hall–Kier alpha value is -2.39. The number of fused-ring (bicyclic) bond motifs is 1. The minimum atomic E-state index is -1.02. The van der Waals surface area contributed by atoms with Crippen LogP contribution in [0.15, 0.2) is 35.4 Å². The van der Waals surface area contributed by atoms with E-state index in [4.69, 9.17) is 15.0 Å². The van der Waals surface area contributed by atoms with Crippen LogP contribution in [-0.2, 0) is 22.4 Å². The second-order valence-electron chi connectivity index (χ2n) is 5.89.